The minimum atomic E-state index is 1.19. The molecule has 0 spiro atoms. The van der Waals surface area contributed by atoms with Gasteiger partial charge < -0.3 is 0 Å². The summed E-state index contributed by atoms with van der Waals surface area (Å²) >= 11 is 0. The van der Waals surface area contributed by atoms with Crippen LogP contribution < -0.4 is 0 Å². The standard InChI is InChI=1S/C45H60/c1-2-17-12-19-5-6-21-14-23-9-10-25-15-24-8-7-22-13-20-4-3-18-11-16(1)26-27(17)37-29(19)31(21)39-34(23)35(25)40-33(24)32(22)38-30(20)28(18)36(26)41-42(37)44(39)45(40)43(38)41/h16-45H,1-15H2. The van der Waals surface area contributed by atoms with Crippen LogP contribution in [0.2, 0.25) is 0 Å². The zero-order chi connectivity index (χ0) is 27.9. The van der Waals surface area contributed by atoms with E-state index < -0.39 is 0 Å². The monoisotopic (exact) mass is 600 g/mol. The van der Waals surface area contributed by atoms with Crippen LogP contribution in [-0.4, -0.2) is 0 Å². The molecule has 0 heteroatoms. The van der Waals surface area contributed by atoms with Gasteiger partial charge in [0.25, 0.3) is 0 Å². The van der Waals surface area contributed by atoms with Crippen LogP contribution in [0.15, 0.2) is 0 Å². The molecule has 16 aliphatic rings. The van der Waals surface area contributed by atoms with E-state index in [4.69, 9.17) is 0 Å². The summed E-state index contributed by atoms with van der Waals surface area (Å²) in [5.41, 5.74) is 0. The van der Waals surface area contributed by atoms with Gasteiger partial charge in [0.2, 0.25) is 0 Å². The van der Waals surface area contributed by atoms with E-state index in [0.717, 1.165) is 0 Å². The molecule has 0 radical (unpaired) electrons. The van der Waals surface area contributed by atoms with E-state index in [1.54, 1.807) is 96.3 Å². The molecule has 0 nitrogen and oxygen atoms in total. The molecule has 0 heterocycles. The average molecular weight is 601 g/mol. The van der Waals surface area contributed by atoms with Crippen LogP contribution in [0.25, 0.3) is 0 Å². The first-order valence-electron chi connectivity index (χ1n) is 22.3. The zero-order valence-electron chi connectivity index (χ0n) is 27.9. The van der Waals surface area contributed by atoms with E-state index in [9.17, 15) is 0 Å². The van der Waals surface area contributed by atoms with E-state index in [1.165, 1.54) is 178 Å². The minimum absolute atomic E-state index is 1.19. The molecule has 16 rings (SSSR count). The van der Waals surface area contributed by atoms with Crippen molar-refractivity contribution >= 4 is 0 Å². The Kier molecular flexibility index (Phi) is 3.97. The fraction of sp³-hybridized carbons (Fsp3) is 1.00. The molecule has 0 aromatic heterocycles. The summed E-state index contributed by atoms with van der Waals surface area (Å²) in [5, 5.41) is 0. The maximum atomic E-state index is 1.74. The Balaban J connectivity index is 1.02. The van der Waals surface area contributed by atoms with Crippen molar-refractivity contribution in [3.05, 3.63) is 0 Å². The van der Waals surface area contributed by atoms with Crippen molar-refractivity contribution in [2.75, 3.05) is 0 Å². The third-order valence-electron chi connectivity index (χ3n) is 24.1. The van der Waals surface area contributed by atoms with Gasteiger partial charge in [0, 0.05) is 0 Å². The van der Waals surface area contributed by atoms with Crippen molar-refractivity contribution in [1.82, 2.24) is 0 Å². The minimum Gasteiger partial charge on any atom is -0.0499 e. The topological polar surface area (TPSA) is 0 Å². The Bertz CT molecular complexity index is 1080. The van der Waals surface area contributed by atoms with E-state index >= 15 is 0 Å². The lowest BCUT2D eigenvalue weighted by Crippen LogP contribution is -2.71. The Morgan fingerprint density at radius 2 is 0.244 bits per heavy atom. The maximum Gasteiger partial charge on any atom is -0.0312 e. The van der Waals surface area contributed by atoms with Gasteiger partial charge in [0.15, 0.2) is 0 Å². The first-order chi connectivity index (χ1) is 22.3. The molecule has 240 valence electrons. The van der Waals surface area contributed by atoms with E-state index in [1.807, 2.05) is 0 Å². The van der Waals surface area contributed by atoms with Crippen LogP contribution in [-0.2, 0) is 0 Å². The second-order valence-electron chi connectivity index (χ2n) is 23.2. The fourth-order valence-corrected chi connectivity index (χ4v) is 25.3. The van der Waals surface area contributed by atoms with Crippen molar-refractivity contribution in [2.24, 2.45) is 178 Å². The summed E-state index contributed by atoms with van der Waals surface area (Å²) in [4.78, 5) is 0. The molecule has 0 aromatic rings. The summed E-state index contributed by atoms with van der Waals surface area (Å²) in [6.07, 6.45) is 25.7. The molecule has 16 aliphatic carbocycles. The van der Waals surface area contributed by atoms with Gasteiger partial charge in [0.05, 0.1) is 0 Å². The smallest absolute Gasteiger partial charge is 0.0312 e. The van der Waals surface area contributed by atoms with Gasteiger partial charge in [-0.05, 0) is 274 Å². The third-order valence-corrected chi connectivity index (χ3v) is 24.1. The lowest BCUT2D eigenvalue weighted by Gasteiger charge is -2.76. The quantitative estimate of drug-likeness (QED) is 0.260. The highest BCUT2D eigenvalue weighted by Crippen LogP contribution is 2.88. The van der Waals surface area contributed by atoms with Crippen molar-refractivity contribution in [3.63, 3.8) is 0 Å². The summed E-state index contributed by atoms with van der Waals surface area (Å²) in [5.74, 6) is 36.8. The third kappa shape index (κ3) is 2.27. The predicted molar refractivity (Wildman–Crippen MR) is 174 cm³/mol. The van der Waals surface area contributed by atoms with Gasteiger partial charge in [0.1, 0.15) is 0 Å². The van der Waals surface area contributed by atoms with Crippen molar-refractivity contribution < 1.29 is 0 Å². The summed E-state index contributed by atoms with van der Waals surface area (Å²) in [6, 6.07) is 0. The fourth-order valence-electron chi connectivity index (χ4n) is 25.3. The van der Waals surface area contributed by atoms with Gasteiger partial charge in [-0.2, -0.15) is 0 Å². The molecule has 20 unspecified atom stereocenters. The van der Waals surface area contributed by atoms with E-state index in [2.05, 4.69) is 0 Å². The average Bonchev–Trinajstić information content (AvgIpc) is 3.44. The highest BCUT2D eigenvalue weighted by Gasteiger charge is 2.84. The molecule has 16 saturated carbocycles. The lowest BCUT2D eigenvalue weighted by molar-refractivity contribution is -0.283. The summed E-state index contributed by atoms with van der Waals surface area (Å²) < 4.78 is 0. The van der Waals surface area contributed by atoms with Gasteiger partial charge in [-0.1, -0.05) is 0 Å². The molecule has 20 atom stereocenters. The Morgan fingerprint density at radius 1 is 0.133 bits per heavy atom. The Morgan fingerprint density at radius 3 is 0.378 bits per heavy atom. The molecule has 0 amide bonds. The first-order valence-corrected chi connectivity index (χ1v) is 22.3. The van der Waals surface area contributed by atoms with Crippen LogP contribution in [0.5, 0.6) is 0 Å². The van der Waals surface area contributed by atoms with Gasteiger partial charge >= 0.3 is 0 Å². The lowest BCUT2D eigenvalue weighted by atomic mass is 9.29. The second-order valence-corrected chi connectivity index (χ2v) is 23.2. The molecular weight excluding hydrogens is 540 g/mol. The van der Waals surface area contributed by atoms with Crippen molar-refractivity contribution in [2.45, 2.75) is 96.3 Å². The Labute approximate surface area is 273 Å². The predicted octanol–water partition coefficient (Wildman–Crippen LogP) is 9.54. The van der Waals surface area contributed by atoms with Crippen LogP contribution in [0.4, 0.5) is 0 Å². The van der Waals surface area contributed by atoms with Crippen LogP contribution in [0.3, 0.4) is 0 Å². The number of hydrogen-bond donors (Lipinski definition) is 0. The normalized spacial score (nSPS) is 80.0. The summed E-state index contributed by atoms with van der Waals surface area (Å²) in [7, 11) is 0. The van der Waals surface area contributed by atoms with Gasteiger partial charge in [-0.3, -0.25) is 0 Å². The van der Waals surface area contributed by atoms with Crippen LogP contribution in [0, 0.1) is 178 Å². The molecule has 0 aliphatic heterocycles. The SMILES string of the molecule is C1CC2CC3CCC4CC5CCC6CC7CCC8CC9CCC%10CC1C1C2C2C3C4C3C5C6C4C7C8C5C9C%10C1C1C2C3C4C51. The van der Waals surface area contributed by atoms with Crippen LogP contribution >= 0.6 is 0 Å². The first kappa shape index (κ1) is 24.2. The molecule has 16 fully saturated rings. The van der Waals surface area contributed by atoms with E-state index in [0.29, 0.717) is 0 Å². The highest BCUT2D eigenvalue weighted by molar-refractivity contribution is 5.31. The van der Waals surface area contributed by atoms with Crippen molar-refractivity contribution in [3.8, 4) is 0 Å². The molecule has 0 bridgehead atoms. The molecule has 45 heavy (non-hydrogen) atoms. The zero-order valence-corrected chi connectivity index (χ0v) is 27.9. The molecule has 0 N–H and O–H groups in total. The number of rotatable bonds is 0. The largest absolute Gasteiger partial charge is 0.0499 e. The number of hydrogen-bond acceptors (Lipinski definition) is 0. The summed E-state index contributed by atoms with van der Waals surface area (Å²) in [6.45, 7) is 0. The second kappa shape index (κ2) is 7.38. The van der Waals surface area contributed by atoms with E-state index in [-0.39, 0.29) is 0 Å². The molecule has 0 aromatic carbocycles. The van der Waals surface area contributed by atoms with Crippen molar-refractivity contribution in [1.29, 1.82) is 0 Å². The highest BCUT2D eigenvalue weighted by atomic mass is 14.9. The van der Waals surface area contributed by atoms with Gasteiger partial charge in [-0.15, -0.1) is 0 Å². The maximum absolute atomic E-state index is 1.74. The van der Waals surface area contributed by atoms with Crippen LogP contribution in [0.1, 0.15) is 96.3 Å². The Hall–Kier alpha value is 0. The molecule has 0 saturated heterocycles. The van der Waals surface area contributed by atoms with Gasteiger partial charge in [-0.25, -0.2) is 0 Å². The molecular formula is C45H60.